The van der Waals surface area contributed by atoms with Gasteiger partial charge in [-0.05, 0) is 25.2 Å². The van der Waals surface area contributed by atoms with Crippen LogP contribution in [-0.2, 0) is 4.74 Å². The van der Waals surface area contributed by atoms with Gasteiger partial charge in [-0.1, -0.05) is 13.8 Å². The number of hydrogen-bond donors (Lipinski definition) is 0. The highest BCUT2D eigenvalue weighted by atomic mass is 16.5. The van der Waals surface area contributed by atoms with Gasteiger partial charge in [0.05, 0.1) is 18.1 Å². The maximum absolute atomic E-state index is 8.92. The van der Waals surface area contributed by atoms with Crippen LogP contribution in [-0.4, -0.2) is 13.2 Å². The minimum atomic E-state index is -0.130. The van der Waals surface area contributed by atoms with Crippen LogP contribution in [0.4, 0.5) is 0 Å². The van der Waals surface area contributed by atoms with E-state index in [9.17, 15) is 0 Å². The van der Waals surface area contributed by atoms with Crippen molar-refractivity contribution in [3.05, 3.63) is 0 Å². The molecule has 0 N–H and O–H groups in total. The molecule has 0 aromatic rings. The maximum atomic E-state index is 8.92. The van der Waals surface area contributed by atoms with Gasteiger partial charge in [0.2, 0.25) is 0 Å². The van der Waals surface area contributed by atoms with Crippen molar-refractivity contribution in [1.29, 1.82) is 5.26 Å². The second-order valence-corrected chi connectivity index (χ2v) is 3.96. The highest BCUT2D eigenvalue weighted by Crippen LogP contribution is 2.44. The van der Waals surface area contributed by atoms with Crippen molar-refractivity contribution < 1.29 is 4.74 Å². The first-order valence-corrected chi connectivity index (χ1v) is 4.71. The Kier molecular flexibility index (Phi) is 3.11. The van der Waals surface area contributed by atoms with Crippen LogP contribution in [0.3, 0.4) is 0 Å². The Morgan fingerprint density at radius 3 is 2.67 bits per heavy atom. The highest BCUT2D eigenvalue weighted by molar-refractivity contribution is 5.07. The van der Waals surface area contributed by atoms with Gasteiger partial charge < -0.3 is 4.74 Å². The monoisotopic (exact) mass is 167 g/mol. The van der Waals surface area contributed by atoms with Crippen LogP contribution >= 0.6 is 0 Å². The van der Waals surface area contributed by atoms with Crippen LogP contribution < -0.4 is 0 Å². The molecule has 0 aromatic carbocycles. The van der Waals surface area contributed by atoms with E-state index in [0.717, 1.165) is 31.8 Å². The fourth-order valence-corrected chi connectivity index (χ4v) is 1.93. The van der Waals surface area contributed by atoms with Gasteiger partial charge >= 0.3 is 0 Å². The Morgan fingerprint density at radius 1 is 1.58 bits per heavy atom. The minimum absolute atomic E-state index is 0.130. The summed E-state index contributed by atoms with van der Waals surface area (Å²) in [6, 6.07) is 2.38. The summed E-state index contributed by atoms with van der Waals surface area (Å²) >= 11 is 0. The van der Waals surface area contributed by atoms with Gasteiger partial charge in [-0.15, -0.1) is 0 Å². The van der Waals surface area contributed by atoms with E-state index in [2.05, 4.69) is 19.9 Å². The van der Waals surface area contributed by atoms with Crippen molar-refractivity contribution in [2.45, 2.75) is 33.1 Å². The molecule has 1 rings (SSSR count). The first kappa shape index (κ1) is 9.54. The minimum Gasteiger partial charge on any atom is -0.380 e. The van der Waals surface area contributed by atoms with Gasteiger partial charge in [0, 0.05) is 6.61 Å². The Bertz CT molecular complexity index is 177. The molecule has 0 saturated heterocycles. The standard InChI is InChI=1S/C10H17NO/c1-3-4-12-8-10(7-11)5-9(2)6-10/h9H,3-6,8H2,1-2H3. The Balaban J connectivity index is 2.24. The molecule has 0 amide bonds. The molecule has 0 heterocycles. The number of nitriles is 1. The van der Waals surface area contributed by atoms with Crippen LogP contribution in [0, 0.1) is 22.7 Å². The molecule has 1 fully saturated rings. The van der Waals surface area contributed by atoms with Crippen molar-refractivity contribution in [1.82, 2.24) is 0 Å². The smallest absolute Gasteiger partial charge is 0.0812 e. The second-order valence-electron chi connectivity index (χ2n) is 3.96. The first-order valence-electron chi connectivity index (χ1n) is 4.71. The Labute approximate surface area is 74.5 Å². The lowest BCUT2D eigenvalue weighted by Crippen LogP contribution is -2.38. The summed E-state index contributed by atoms with van der Waals surface area (Å²) < 4.78 is 5.41. The summed E-state index contributed by atoms with van der Waals surface area (Å²) in [6.07, 6.45) is 3.08. The van der Waals surface area contributed by atoms with Crippen molar-refractivity contribution in [2.24, 2.45) is 11.3 Å². The molecule has 0 bridgehead atoms. The average Bonchev–Trinajstić information content (AvgIpc) is 2.01. The number of nitrogens with zero attached hydrogens (tertiary/aromatic N) is 1. The molecule has 1 saturated carbocycles. The molecule has 12 heavy (non-hydrogen) atoms. The van der Waals surface area contributed by atoms with Gasteiger partial charge in [0.25, 0.3) is 0 Å². The van der Waals surface area contributed by atoms with E-state index in [1.165, 1.54) is 0 Å². The van der Waals surface area contributed by atoms with Crippen molar-refractivity contribution in [2.75, 3.05) is 13.2 Å². The highest BCUT2D eigenvalue weighted by Gasteiger charge is 2.42. The third kappa shape index (κ3) is 1.98. The number of ether oxygens (including phenoxy) is 1. The average molecular weight is 167 g/mol. The summed E-state index contributed by atoms with van der Waals surface area (Å²) in [7, 11) is 0. The summed E-state index contributed by atoms with van der Waals surface area (Å²) in [5, 5.41) is 8.92. The summed E-state index contributed by atoms with van der Waals surface area (Å²) in [4.78, 5) is 0. The SMILES string of the molecule is CCCOCC1(C#N)CC(C)C1. The predicted octanol–water partition coefficient (Wildman–Crippen LogP) is 2.35. The Hall–Kier alpha value is -0.550. The molecule has 1 aliphatic rings. The van der Waals surface area contributed by atoms with Gasteiger partial charge in [0.15, 0.2) is 0 Å². The normalized spacial score (nSPS) is 33.9. The lowest BCUT2D eigenvalue weighted by Gasteiger charge is -2.40. The summed E-state index contributed by atoms with van der Waals surface area (Å²) in [6.45, 7) is 5.71. The maximum Gasteiger partial charge on any atom is 0.0812 e. The lowest BCUT2D eigenvalue weighted by atomic mass is 9.64. The van der Waals surface area contributed by atoms with E-state index in [-0.39, 0.29) is 5.41 Å². The van der Waals surface area contributed by atoms with E-state index in [0.29, 0.717) is 6.61 Å². The number of hydrogen-bond acceptors (Lipinski definition) is 2. The molecular formula is C10H17NO. The molecule has 0 atom stereocenters. The fourth-order valence-electron chi connectivity index (χ4n) is 1.93. The predicted molar refractivity (Wildman–Crippen MR) is 47.6 cm³/mol. The van der Waals surface area contributed by atoms with Crippen molar-refractivity contribution in [3.63, 3.8) is 0 Å². The van der Waals surface area contributed by atoms with Crippen LogP contribution in [0.25, 0.3) is 0 Å². The van der Waals surface area contributed by atoms with Crippen molar-refractivity contribution in [3.8, 4) is 6.07 Å². The van der Waals surface area contributed by atoms with Gasteiger partial charge in [-0.2, -0.15) is 5.26 Å². The third-order valence-corrected chi connectivity index (χ3v) is 2.44. The van der Waals surface area contributed by atoms with Gasteiger partial charge in [-0.3, -0.25) is 0 Å². The topological polar surface area (TPSA) is 33.0 Å². The molecule has 0 aromatic heterocycles. The summed E-state index contributed by atoms with van der Waals surface area (Å²) in [5.41, 5.74) is -0.130. The van der Waals surface area contributed by atoms with E-state index >= 15 is 0 Å². The molecule has 2 heteroatoms. The van der Waals surface area contributed by atoms with E-state index in [1.54, 1.807) is 0 Å². The van der Waals surface area contributed by atoms with Crippen LogP contribution in [0.1, 0.15) is 33.1 Å². The zero-order chi connectivity index (χ0) is 9.03. The molecular weight excluding hydrogens is 150 g/mol. The molecule has 0 spiro atoms. The molecule has 0 radical (unpaired) electrons. The van der Waals surface area contributed by atoms with E-state index < -0.39 is 0 Å². The largest absolute Gasteiger partial charge is 0.380 e. The van der Waals surface area contributed by atoms with Crippen LogP contribution in [0.2, 0.25) is 0 Å². The van der Waals surface area contributed by atoms with Crippen molar-refractivity contribution >= 4 is 0 Å². The fraction of sp³-hybridized carbons (Fsp3) is 0.900. The van der Waals surface area contributed by atoms with Crippen LogP contribution in [0.5, 0.6) is 0 Å². The van der Waals surface area contributed by atoms with E-state index in [1.807, 2.05) is 0 Å². The Morgan fingerprint density at radius 2 is 2.25 bits per heavy atom. The zero-order valence-corrected chi connectivity index (χ0v) is 7.97. The second kappa shape index (κ2) is 3.91. The summed E-state index contributed by atoms with van der Waals surface area (Å²) in [5.74, 6) is 0.717. The lowest BCUT2D eigenvalue weighted by molar-refractivity contribution is 0.00418. The third-order valence-electron chi connectivity index (χ3n) is 2.44. The molecule has 0 aliphatic heterocycles. The molecule has 1 aliphatic carbocycles. The zero-order valence-electron chi connectivity index (χ0n) is 7.97. The molecule has 2 nitrogen and oxygen atoms in total. The van der Waals surface area contributed by atoms with Gasteiger partial charge in [0.1, 0.15) is 0 Å². The van der Waals surface area contributed by atoms with Gasteiger partial charge in [-0.25, -0.2) is 0 Å². The number of rotatable bonds is 4. The molecule has 0 unspecified atom stereocenters. The van der Waals surface area contributed by atoms with E-state index in [4.69, 9.17) is 10.00 Å². The quantitative estimate of drug-likeness (QED) is 0.602. The molecule has 68 valence electrons. The van der Waals surface area contributed by atoms with Crippen LogP contribution in [0.15, 0.2) is 0 Å². The first-order chi connectivity index (χ1) is 5.72.